The van der Waals surface area contributed by atoms with Gasteiger partial charge in [0.05, 0.1) is 5.60 Å². The number of nitrogens with zero attached hydrogens (tertiary/aromatic N) is 1. The minimum absolute atomic E-state index is 0.418. The molecule has 1 saturated carbocycles. The topological polar surface area (TPSA) is 35.5 Å². The maximum absolute atomic E-state index is 10.7. The lowest BCUT2D eigenvalue weighted by Gasteiger charge is -2.35. The summed E-state index contributed by atoms with van der Waals surface area (Å²) < 4.78 is 0. The molecule has 0 radical (unpaired) electrons. The average Bonchev–Trinajstić information content (AvgIpc) is 2.72. The van der Waals surface area contributed by atoms with Gasteiger partial charge in [0.25, 0.3) is 0 Å². The molecule has 2 N–H and O–H groups in total. The van der Waals surface area contributed by atoms with Crippen LogP contribution in [0.1, 0.15) is 64.2 Å². The molecule has 0 aromatic heterocycles. The Labute approximate surface area is 117 Å². The zero-order valence-electron chi connectivity index (χ0n) is 12.2. The van der Waals surface area contributed by atoms with E-state index in [0.29, 0.717) is 6.04 Å². The predicted molar refractivity (Wildman–Crippen MR) is 78.3 cm³/mol. The highest BCUT2D eigenvalue weighted by atomic mass is 16.3. The summed E-state index contributed by atoms with van der Waals surface area (Å²) in [5, 5.41) is 14.5. The molecule has 19 heavy (non-hydrogen) atoms. The third-order valence-corrected chi connectivity index (χ3v) is 5.58. The maximum Gasteiger partial charge on any atom is 0.0771 e. The Morgan fingerprint density at radius 3 is 2.53 bits per heavy atom. The maximum atomic E-state index is 10.7. The van der Waals surface area contributed by atoms with E-state index < -0.39 is 5.60 Å². The summed E-state index contributed by atoms with van der Waals surface area (Å²) in [5.41, 5.74) is -0.418. The smallest absolute Gasteiger partial charge is 0.0771 e. The van der Waals surface area contributed by atoms with Crippen molar-refractivity contribution in [2.45, 2.75) is 81.9 Å². The van der Waals surface area contributed by atoms with Crippen LogP contribution in [0.3, 0.4) is 0 Å². The molecule has 2 aliphatic heterocycles. The Balaban J connectivity index is 1.51. The number of rotatable bonds is 3. The van der Waals surface area contributed by atoms with Gasteiger partial charge in [-0.2, -0.15) is 0 Å². The van der Waals surface area contributed by atoms with Crippen molar-refractivity contribution in [3.63, 3.8) is 0 Å². The third-order valence-electron chi connectivity index (χ3n) is 5.58. The van der Waals surface area contributed by atoms with Crippen molar-refractivity contribution in [1.82, 2.24) is 10.2 Å². The lowest BCUT2D eigenvalue weighted by atomic mass is 9.93. The predicted octanol–water partition coefficient (Wildman–Crippen LogP) is 2.29. The molecule has 3 fully saturated rings. The molecule has 2 heterocycles. The first-order chi connectivity index (χ1) is 9.27. The number of nitrogens with one attached hydrogen (secondary N) is 1. The second-order valence-electron chi connectivity index (χ2n) is 7.01. The van der Waals surface area contributed by atoms with Gasteiger partial charge in [-0.05, 0) is 38.6 Å². The van der Waals surface area contributed by atoms with Gasteiger partial charge in [0, 0.05) is 25.2 Å². The van der Waals surface area contributed by atoms with Crippen LogP contribution in [0, 0.1) is 0 Å². The average molecular weight is 266 g/mol. The molecule has 2 saturated heterocycles. The summed E-state index contributed by atoms with van der Waals surface area (Å²) >= 11 is 0. The lowest BCUT2D eigenvalue weighted by Crippen LogP contribution is -2.50. The molecular formula is C16H30N2O. The molecule has 3 aliphatic rings. The van der Waals surface area contributed by atoms with Gasteiger partial charge < -0.3 is 10.4 Å². The molecule has 0 aromatic rings. The van der Waals surface area contributed by atoms with Crippen LogP contribution in [-0.2, 0) is 0 Å². The van der Waals surface area contributed by atoms with Crippen molar-refractivity contribution in [3.8, 4) is 0 Å². The van der Waals surface area contributed by atoms with Crippen LogP contribution in [0.5, 0.6) is 0 Å². The van der Waals surface area contributed by atoms with Gasteiger partial charge in [0.2, 0.25) is 0 Å². The number of piperidine rings is 1. The molecule has 3 nitrogen and oxygen atoms in total. The van der Waals surface area contributed by atoms with E-state index in [9.17, 15) is 5.11 Å². The molecule has 0 bridgehead atoms. The highest BCUT2D eigenvalue weighted by Crippen LogP contribution is 2.29. The van der Waals surface area contributed by atoms with Gasteiger partial charge in [0.1, 0.15) is 0 Å². The normalized spacial score (nSPS) is 35.8. The quantitative estimate of drug-likeness (QED) is 0.769. The first kappa shape index (κ1) is 13.8. The van der Waals surface area contributed by atoms with Crippen LogP contribution in [0.25, 0.3) is 0 Å². The van der Waals surface area contributed by atoms with Crippen LogP contribution < -0.4 is 5.32 Å². The Bertz CT molecular complexity index is 286. The van der Waals surface area contributed by atoms with Gasteiger partial charge in [-0.25, -0.2) is 0 Å². The molecule has 3 rings (SSSR count). The number of hydrogen-bond donors (Lipinski definition) is 2. The van der Waals surface area contributed by atoms with Gasteiger partial charge in [-0.3, -0.25) is 4.90 Å². The zero-order valence-corrected chi connectivity index (χ0v) is 12.2. The van der Waals surface area contributed by atoms with Crippen LogP contribution >= 0.6 is 0 Å². The molecule has 2 atom stereocenters. The summed E-state index contributed by atoms with van der Waals surface area (Å²) in [6, 6.07) is 1.38. The van der Waals surface area contributed by atoms with Gasteiger partial charge in [0.15, 0.2) is 0 Å². The number of fused-ring (bicyclic) bond motifs is 1. The van der Waals surface area contributed by atoms with Crippen LogP contribution in [0.4, 0.5) is 0 Å². The first-order valence-corrected chi connectivity index (χ1v) is 8.47. The van der Waals surface area contributed by atoms with Crippen molar-refractivity contribution in [3.05, 3.63) is 0 Å². The van der Waals surface area contributed by atoms with E-state index in [1.165, 1.54) is 64.5 Å². The Kier molecular flexibility index (Phi) is 4.45. The third kappa shape index (κ3) is 3.32. The van der Waals surface area contributed by atoms with Crippen molar-refractivity contribution in [2.24, 2.45) is 0 Å². The van der Waals surface area contributed by atoms with Gasteiger partial charge in [-0.15, -0.1) is 0 Å². The fourth-order valence-electron chi connectivity index (χ4n) is 4.37. The molecule has 3 heteroatoms. The van der Waals surface area contributed by atoms with E-state index in [4.69, 9.17) is 0 Å². The van der Waals surface area contributed by atoms with E-state index in [1.54, 1.807) is 0 Å². The molecule has 0 amide bonds. The van der Waals surface area contributed by atoms with Crippen molar-refractivity contribution >= 4 is 0 Å². The van der Waals surface area contributed by atoms with E-state index in [2.05, 4.69) is 10.2 Å². The molecule has 110 valence electrons. The number of hydrogen-bond acceptors (Lipinski definition) is 3. The van der Waals surface area contributed by atoms with E-state index >= 15 is 0 Å². The summed E-state index contributed by atoms with van der Waals surface area (Å²) in [6.45, 7) is 3.38. The summed E-state index contributed by atoms with van der Waals surface area (Å²) in [6.07, 6.45) is 12.4. The fourth-order valence-corrected chi connectivity index (χ4v) is 4.37. The van der Waals surface area contributed by atoms with E-state index in [-0.39, 0.29) is 0 Å². The highest BCUT2D eigenvalue weighted by Gasteiger charge is 2.37. The Hall–Kier alpha value is -0.120. The monoisotopic (exact) mass is 266 g/mol. The first-order valence-electron chi connectivity index (χ1n) is 8.47. The van der Waals surface area contributed by atoms with Crippen LogP contribution in [-0.4, -0.2) is 47.3 Å². The summed E-state index contributed by atoms with van der Waals surface area (Å²) in [4.78, 5) is 2.66. The SMILES string of the molecule is OC1(CNC2CCN3CCCCC23)CCCCCC1. The minimum Gasteiger partial charge on any atom is -0.389 e. The molecule has 2 unspecified atom stereocenters. The van der Waals surface area contributed by atoms with E-state index in [1.807, 2.05) is 0 Å². The van der Waals surface area contributed by atoms with Crippen LogP contribution in [0.15, 0.2) is 0 Å². The summed E-state index contributed by atoms with van der Waals surface area (Å²) in [7, 11) is 0. The van der Waals surface area contributed by atoms with Crippen LogP contribution in [0.2, 0.25) is 0 Å². The van der Waals surface area contributed by atoms with Gasteiger partial charge in [-0.1, -0.05) is 32.1 Å². The van der Waals surface area contributed by atoms with Gasteiger partial charge >= 0.3 is 0 Å². The molecular weight excluding hydrogens is 236 g/mol. The summed E-state index contributed by atoms with van der Waals surface area (Å²) in [5.74, 6) is 0. The van der Waals surface area contributed by atoms with Crippen molar-refractivity contribution in [2.75, 3.05) is 19.6 Å². The second kappa shape index (κ2) is 6.11. The number of aliphatic hydroxyl groups is 1. The standard InChI is InChI=1S/C16H30N2O/c19-16(9-4-1-2-5-10-16)13-17-14-8-12-18-11-6-3-7-15(14)18/h14-15,17,19H,1-13H2. The minimum atomic E-state index is -0.418. The van der Waals surface area contributed by atoms with E-state index in [0.717, 1.165) is 25.4 Å². The zero-order chi connectivity index (χ0) is 13.1. The van der Waals surface area contributed by atoms with Crippen molar-refractivity contribution < 1.29 is 5.11 Å². The fraction of sp³-hybridized carbons (Fsp3) is 1.00. The second-order valence-corrected chi connectivity index (χ2v) is 7.01. The Morgan fingerprint density at radius 2 is 1.74 bits per heavy atom. The Morgan fingerprint density at radius 1 is 0.947 bits per heavy atom. The molecule has 0 spiro atoms. The molecule has 1 aliphatic carbocycles. The lowest BCUT2D eigenvalue weighted by molar-refractivity contribution is 0.0209. The molecule has 0 aromatic carbocycles. The highest BCUT2D eigenvalue weighted by molar-refractivity contribution is 4.95. The van der Waals surface area contributed by atoms with Crippen molar-refractivity contribution in [1.29, 1.82) is 0 Å². The largest absolute Gasteiger partial charge is 0.389 e.